The summed E-state index contributed by atoms with van der Waals surface area (Å²) >= 11 is 4.18. The summed E-state index contributed by atoms with van der Waals surface area (Å²) in [7, 11) is 0. The Bertz CT molecular complexity index is 343. The van der Waals surface area contributed by atoms with E-state index in [0.717, 1.165) is 23.5 Å². The van der Waals surface area contributed by atoms with Gasteiger partial charge in [-0.2, -0.15) is 12.6 Å². The number of hydrogen-bond acceptors (Lipinski definition) is 4. The third-order valence-electron chi connectivity index (χ3n) is 2.40. The molecule has 3 nitrogen and oxygen atoms in total. The SMILES string of the molecule is NC(CS)c1ccc2c(c1)OCCCO2. The van der Waals surface area contributed by atoms with Crippen molar-refractivity contribution in [2.75, 3.05) is 19.0 Å². The molecule has 82 valence electrons. The normalized spacial score (nSPS) is 16.9. The number of benzene rings is 1. The van der Waals surface area contributed by atoms with Gasteiger partial charge >= 0.3 is 0 Å². The smallest absolute Gasteiger partial charge is 0.161 e. The Morgan fingerprint density at radius 2 is 2.00 bits per heavy atom. The molecule has 1 atom stereocenters. The first-order chi connectivity index (χ1) is 7.31. The zero-order valence-electron chi connectivity index (χ0n) is 8.48. The van der Waals surface area contributed by atoms with Gasteiger partial charge in [-0.15, -0.1) is 0 Å². The summed E-state index contributed by atoms with van der Waals surface area (Å²) in [6, 6.07) is 5.78. The molecule has 1 aliphatic rings. The van der Waals surface area contributed by atoms with Gasteiger partial charge in [-0.05, 0) is 17.7 Å². The molecule has 2 rings (SSSR count). The molecule has 1 aliphatic heterocycles. The highest BCUT2D eigenvalue weighted by molar-refractivity contribution is 7.80. The van der Waals surface area contributed by atoms with Crippen LogP contribution in [0.25, 0.3) is 0 Å². The van der Waals surface area contributed by atoms with Crippen molar-refractivity contribution in [2.45, 2.75) is 12.5 Å². The van der Waals surface area contributed by atoms with E-state index in [4.69, 9.17) is 15.2 Å². The molecule has 0 saturated carbocycles. The lowest BCUT2D eigenvalue weighted by Gasteiger charge is -2.12. The molecular formula is C11H15NO2S. The van der Waals surface area contributed by atoms with E-state index in [2.05, 4.69) is 12.6 Å². The summed E-state index contributed by atoms with van der Waals surface area (Å²) in [6.07, 6.45) is 0.919. The molecule has 1 heterocycles. The molecule has 0 bridgehead atoms. The minimum atomic E-state index is -0.0505. The van der Waals surface area contributed by atoms with Gasteiger partial charge in [0.25, 0.3) is 0 Å². The molecule has 2 N–H and O–H groups in total. The third-order valence-corrected chi connectivity index (χ3v) is 2.79. The fraction of sp³-hybridized carbons (Fsp3) is 0.455. The van der Waals surface area contributed by atoms with E-state index in [1.54, 1.807) is 0 Å². The highest BCUT2D eigenvalue weighted by Crippen LogP contribution is 2.31. The van der Waals surface area contributed by atoms with E-state index in [9.17, 15) is 0 Å². The van der Waals surface area contributed by atoms with Gasteiger partial charge in [0.2, 0.25) is 0 Å². The molecule has 0 saturated heterocycles. The Morgan fingerprint density at radius 1 is 1.27 bits per heavy atom. The first kappa shape index (κ1) is 10.6. The zero-order chi connectivity index (χ0) is 10.7. The highest BCUT2D eigenvalue weighted by Gasteiger charge is 2.12. The summed E-state index contributed by atoms with van der Waals surface area (Å²) in [4.78, 5) is 0. The van der Waals surface area contributed by atoms with E-state index in [-0.39, 0.29) is 6.04 Å². The van der Waals surface area contributed by atoms with Crippen molar-refractivity contribution in [2.24, 2.45) is 5.73 Å². The van der Waals surface area contributed by atoms with Crippen molar-refractivity contribution in [3.8, 4) is 11.5 Å². The summed E-state index contributed by atoms with van der Waals surface area (Å²) in [5.74, 6) is 2.23. The molecule has 15 heavy (non-hydrogen) atoms. The Labute approximate surface area is 95.0 Å². The van der Waals surface area contributed by atoms with Gasteiger partial charge in [-0.3, -0.25) is 0 Å². The van der Waals surface area contributed by atoms with Crippen LogP contribution in [0.4, 0.5) is 0 Å². The average molecular weight is 225 g/mol. The van der Waals surface area contributed by atoms with Gasteiger partial charge in [0.1, 0.15) is 0 Å². The van der Waals surface area contributed by atoms with Crippen LogP contribution >= 0.6 is 12.6 Å². The molecule has 0 spiro atoms. The molecule has 0 radical (unpaired) electrons. The lowest BCUT2D eigenvalue weighted by Crippen LogP contribution is -2.11. The Balaban J connectivity index is 2.27. The molecule has 0 aromatic heterocycles. The number of ether oxygens (including phenoxy) is 2. The zero-order valence-corrected chi connectivity index (χ0v) is 9.37. The van der Waals surface area contributed by atoms with Crippen LogP contribution in [-0.4, -0.2) is 19.0 Å². The Hall–Kier alpha value is -0.870. The summed E-state index contributed by atoms with van der Waals surface area (Å²) < 4.78 is 11.1. The lowest BCUT2D eigenvalue weighted by molar-refractivity contribution is 0.297. The minimum absolute atomic E-state index is 0.0505. The fourth-order valence-corrected chi connectivity index (χ4v) is 1.73. The Morgan fingerprint density at radius 3 is 2.73 bits per heavy atom. The second kappa shape index (κ2) is 4.77. The molecule has 1 unspecified atom stereocenters. The number of nitrogens with two attached hydrogens (primary N) is 1. The largest absolute Gasteiger partial charge is 0.490 e. The van der Waals surface area contributed by atoms with E-state index >= 15 is 0 Å². The number of rotatable bonds is 2. The number of hydrogen-bond donors (Lipinski definition) is 2. The number of fused-ring (bicyclic) bond motifs is 1. The van der Waals surface area contributed by atoms with Crippen LogP contribution in [0.3, 0.4) is 0 Å². The Kier molecular flexibility index (Phi) is 3.38. The van der Waals surface area contributed by atoms with Gasteiger partial charge in [0.05, 0.1) is 13.2 Å². The van der Waals surface area contributed by atoms with E-state index in [0.29, 0.717) is 19.0 Å². The molecule has 1 aromatic carbocycles. The maximum Gasteiger partial charge on any atom is 0.161 e. The van der Waals surface area contributed by atoms with E-state index < -0.39 is 0 Å². The maximum atomic E-state index is 5.89. The van der Waals surface area contributed by atoms with Crippen LogP contribution < -0.4 is 15.2 Å². The van der Waals surface area contributed by atoms with Crippen molar-refractivity contribution >= 4 is 12.6 Å². The van der Waals surface area contributed by atoms with Crippen LogP contribution in [-0.2, 0) is 0 Å². The monoisotopic (exact) mass is 225 g/mol. The van der Waals surface area contributed by atoms with Gasteiger partial charge in [0, 0.05) is 18.2 Å². The van der Waals surface area contributed by atoms with Crippen molar-refractivity contribution in [3.63, 3.8) is 0 Å². The topological polar surface area (TPSA) is 44.5 Å². The van der Waals surface area contributed by atoms with Crippen LogP contribution in [0.5, 0.6) is 11.5 Å². The van der Waals surface area contributed by atoms with Crippen molar-refractivity contribution in [1.82, 2.24) is 0 Å². The molecular weight excluding hydrogens is 210 g/mol. The quantitative estimate of drug-likeness (QED) is 0.754. The lowest BCUT2D eigenvalue weighted by atomic mass is 10.1. The van der Waals surface area contributed by atoms with Crippen LogP contribution in [0.15, 0.2) is 18.2 Å². The summed E-state index contributed by atoms with van der Waals surface area (Å²) in [5, 5.41) is 0. The van der Waals surface area contributed by atoms with E-state index in [1.165, 1.54) is 0 Å². The van der Waals surface area contributed by atoms with E-state index in [1.807, 2.05) is 18.2 Å². The molecule has 0 fully saturated rings. The van der Waals surface area contributed by atoms with Gasteiger partial charge in [0.15, 0.2) is 11.5 Å². The van der Waals surface area contributed by atoms with Gasteiger partial charge < -0.3 is 15.2 Å². The predicted molar refractivity (Wildman–Crippen MR) is 62.8 cm³/mol. The number of thiol groups is 1. The van der Waals surface area contributed by atoms with Crippen LogP contribution in [0.1, 0.15) is 18.0 Å². The summed E-state index contributed by atoms with van der Waals surface area (Å²) in [5.41, 5.74) is 6.93. The third kappa shape index (κ3) is 2.38. The van der Waals surface area contributed by atoms with Gasteiger partial charge in [-0.25, -0.2) is 0 Å². The minimum Gasteiger partial charge on any atom is -0.490 e. The molecule has 0 amide bonds. The first-order valence-electron chi connectivity index (χ1n) is 5.07. The standard InChI is InChI=1S/C11H15NO2S/c12-9(7-15)8-2-3-10-11(6-8)14-5-1-4-13-10/h2-3,6,9,15H,1,4-5,7,12H2. The maximum absolute atomic E-state index is 5.89. The highest BCUT2D eigenvalue weighted by atomic mass is 32.1. The second-order valence-electron chi connectivity index (χ2n) is 3.55. The second-order valence-corrected chi connectivity index (χ2v) is 3.91. The molecule has 1 aromatic rings. The van der Waals surface area contributed by atoms with Crippen molar-refractivity contribution in [1.29, 1.82) is 0 Å². The van der Waals surface area contributed by atoms with Crippen LogP contribution in [0.2, 0.25) is 0 Å². The molecule has 0 aliphatic carbocycles. The van der Waals surface area contributed by atoms with Crippen molar-refractivity contribution in [3.05, 3.63) is 23.8 Å². The van der Waals surface area contributed by atoms with Crippen LogP contribution in [0, 0.1) is 0 Å². The van der Waals surface area contributed by atoms with Crippen molar-refractivity contribution < 1.29 is 9.47 Å². The predicted octanol–water partition coefficient (Wildman–Crippen LogP) is 1.78. The summed E-state index contributed by atoms with van der Waals surface area (Å²) in [6.45, 7) is 1.41. The van der Waals surface area contributed by atoms with Gasteiger partial charge in [-0.1, -0.05) is 6.07 Å². The average Bonchev–Trinajstić information content (AvgIpc) is 2.51. The molecule has 4 heteroatoms. The fourth-order valence-electron chi connectivity index (χ4n) is 1.52. The first-order valence-corrected chi connectivity index (χ1v) is 5.70.